The number of ketones is 1. The minimum atomic E-state index is -0.742. The lowest BCUT2D eigenvalue weighted by atomic mass is 9.99. The number of hydrogen-bond donors (Lipinski definition) is 2. The van der Waals surface area contributed by atoms with Gasteiger partial charge in [-0.15, -0.1) is 0 Å². The Balaban J connectivity index is 2.41. The third kappa shape index (κ3) is 4.48. The van der Waals surface area contributed by atoms with Crippen molar-refractivity contribution in [1.29, 1.82) is 0 Å². The number of esters is 1. The van der Waals surface area contributed by atoms with Gasteiger partial charge in [0.25, 0.3) is 0 Å². The van der Waals surface area contributed by atoms with E-state index in [0.717, 1.165) is 38.2 Å². The summed E-state index contributed by atoms with van der Waals surface area (Å²) in [6, 6.07) is 0.978. The number of phenols is 2. The molecule has 2 N–H and O–H groups in total. The molecule has 6 heteroatoms. The van der Waals surface area contributed by atoms with Crippen molar-refractivity contribution in [3.05, 3.63) is 34.4 Å². The van der Waals surface area contributed by atoms with Crippen LogP contribution in [-0.4, -0.2) is 28.6 Å². The lowest BCUT2D eigenvalue weighted by Gasteiger charge is -2.14. The monoisotopic (exact) mass is 338 g/mol. The van der Waals surface area contributed by atoms with Gasteiger partial charge in [0.2, 0.25) is 0 Å². The van der Waals surface area contributed by atoms with Crippen molar-refractivity contribution in [2.24, 2.45) is 0 Å². The minimum Gasteiger partial charge on any atom is -0.507 e. The van der Waals surface area contributed by atoms with Crippen LogP contribution in [0.5, 0.6) is 11.5 Å². The van der Waals surface area contributed by atoms with Gasteiger partial charge >= 0.3 is 5.97 Å². The molecule has 5 nitrogen and oxygen atoms in total. The maximum absolute atomic E-state index is 12.2. The maximum Gasteiger partial charge on any atom is 0.342 e. The number of aromatic hydroxyl groups is 2. The van der Waals surface area contributed by atoms with Crippen LogP contribution >= 0.6 is 11.6 Å². The zero-order valence-electron chi connectivity index (χ0n) is 12.7. The van der Waals surface area contributed by atoms with Crippen LogP contribution in [-0.2, 0) is 16.0 Å². The van der Waals surface area contributed by atoms with Gasteiger partial charge in [-0.1, -0.05) is 30.5 Å². The van der Waals surface area contributed by atoms with Crippen LogP contribution in [0.2, 0.25) is 5.02 Å². The number of benzene rings is 1. The van der Waals surface area contributed by atoms with Crippen molar-refractivity contribution >= 4 is 23.4 Å². The second kappa shape index (κ2) is 8.02. The van der Waals surface area contributed by atoms with Crippen molar-refractivity contribution < 1.29 is 24.5 Å². The summed E-state index contributed by atoms with van der Waals surface area (Å²) in [6.07, 6.45) is 7.47. The van der Waals surface area contributed by atoms with Gasteiger partial charge in [0, 0.05) is 18.1 Å². The predicted molar refractivity (Wildman–Crippen MR) is 86.0 cm³/mol. The molecule has 0 bridgehead atoms. The molecule has 0 saturated heterocycles. The van der Waals surface area contributed by atoms with Crippen molar-refractivity contribution in [2.45, 2.75) is 38.5 Å². The highest BCUT2D eigenvalue weighted by molar-refractivity contribution is 6.33. The first kappa shape index (κ1) is 17.3. The standard InChI is InChI=1S/C17H19ClO5/c18-16-12-9-11(19)7-5-3-1-2-4-6-8-23-17(22)15(12)13(20)10-14(16)21/h5,7,10,20-21H,1-4,6,8-9H2/b7-5+. The molecule has 0 radical (unpaired) electrons. The lowest BCUT2D eigenvalue weighted by molar-refractivity contribution is -0.114. The second-order valence-corrected chi connectivity index (χ2v) is 5.84. The number of ether oxygens (including phenoxy) is 1. The second-order valence-electron chi connectivity index (χ2n) is 5.47. The zero-order valence-corrected chi connectivity index (χ0v) is 13.4. The average Bonchev–Trinajstić information content (AvgIpc) is 2.50. The Morgan fingerprint density at radius 3 is 2.57 bits per heavy atom. The molecule has 1 aliphatic rings. The number of fused-ring (bicyclic) bond motifs is 1. The third-order valence-electron chi connectivity index (χ3n) is 3.68. The van der Waals surface area contributed by atoms with E-state index in [0.29, 0.717) is 0 Å². The molecular formula is C17H19ClO5. The molecule has 1 aromatic rings. The summed E-state index contributed by atoms with van der Waals surface area (Å²) in [6.45, 7) is 0.236. The largest absolute Gasteiger partial charge is 0.507 e. The molecular weight excluding hydrogens is 320 g/mol. The molecule has 0 saturated carbocycles. The predicted octanol–water partition coefficient (Wildman–Crippen LogP) is 3.54. The molecule has 1 heterocycles. The molecule has 0 aliphatic carbocycles. The molecule has 0 unspecified atom stereocenters. The molecule has 0 spiro atoms. The number of carbonyl (C=O) groups excluding carboxylic acids is 2. The fraction of sp³-hybridized carbons (Fsp3) is 0.412. The van der Waals surface area contributed by atoms with Crippen LogP contribution in [0.15, 0.2) is 18.2 Å². The third-order valence-corrected chi connectivity index (χ3v) is 4.10. The fourth-order valence-electron chi connectivity index (χ4n) is 2.48. The summed E-state index contributed by atoms with van der Waals surface area (Å²) in [5, 5.41) is 19.6. The van der Waals surface area contributed by atoms with Crippen LogP contribution in [0.3, 0.4) is 0 Å². The van der Waals surface area contributed by atoms with Gasteiger partial charge < -0.3 is 14.9 Å². The van der Waals surface area contributed by atoms with Gasteiger partial charge in [-0.25, -0.2) is 4.79 Å². The molecule has 1 aliphatic heterocycles. The van der Waals surface area contributed by atoms with E-state index in [1.54, 1.807) is 6.08 Å². The van der Waals surface area contributed by atoms with E-state index < -0.39 is 11.7 Å². The van der Waals surface area contributed by atoms with E-state index in [1.807, 2.05) is 0 Å². The van der Waals surface area contributed by atoms with E-state index in [4.69, 9.17) is 16.3 Å². The van der Waals surface area contributed by atoms with E-state index >= 15 is 0 Å². The van der Waals surface area contributed by atoms with E-state index in [2.05, 4.69) is 0 Å². The number of halogens is 1. The van der Waals surface area contributed by atoms with Gasteiger partial charge in [-0.3, -0.25) is 4.79 Å². The highest BCUT2D eigenvalue weighted by Crippen LogP contribution is 2.37. The smallest absolute Gasteiger partial charge is 0.342 e. The molecule has 1 aromatic carbocycles. The Hall–Kier alpha value is -2.01. The molecule has 0 atom stereocenters. The van der Waals surface area contributed by atoms with Gasteiger partial charge in [0.1, 0.15) is 17.1 Å². The van der Waals surface area contributed by atoms with Crippen molar-refractivity contribution in [2.75, 3.05) is 6.61 Å². The first-order chi connectivity index (χ1) is 11.0. The molecule has 23 heavy (non-hydrogen) atoms. The van der Waals surface area contributed by atoms with Crippen LogP contribution in [0.25, 0.3) is 0 Å². The number of cyclic esters (lactones) is 1. The molecule has 2 rings (SSSR count). The summed E-state index contributed by atoms with van der Waals surface area (Å²) in [5.41, 5.74) is -0.0764. The summed E-state index contributed by atoms with van der Waals surface area (Å²) in [5.74, 6) is -1.83. The van der Waals surface area contributed by atoms with Gasteiger partial charge in [0.05, 0.1) is 11.6 Å². The SMILES string of the molecule is O=C1/C=C/CCCCCCOC(=O)c2c(O)cc(O)c(Cl)c2C1. The van der Waals surface area contributed by atoms with Crippen LogP contribution in [0.1, 0.15) is 48.0 Å². The Bertz CT molecular complexity index is 636. The van der Waals surface area contributed by atoms with Crippen molar-refractivity contribution in [3.8, 4) is 11.5 Å². The first-order valence-electron chi connectivity index (χ1n) is 7.60. The Morgan fingerprint density at radius 2 is 1.78 bits per heavy atom. The Labute approximate surface area is 139 Å². The van der Waals surface area contributed by atoms with Crippen LogP contribution in [0.4, 0.5) is 0 Å². The van der Waals surface area contributed by atoms with Crippen molar-refractivity contribution in [3.63, 3.8) is 0 Å². The van der Waals surface area contributed by atoms with Crippen LogP contribution < -0.4 is 0 Å². The average molecular weight is 339 g/mol. The van der Waals surface area contributed by atoms with E-state index in [9.17, 15) is 19.8 Å². The Morgan fingerprint density at radius 1 is 1.04 bits per heavy atom. The fourth-order valence-corrected chi connectivity index (χ4v) is 2.70. The topological polar surface area (TPSA) is 83.8 Å². The van der Waals surface area contributed by atoms with E-state index in [1.165, 1.54) is 6.08 Å². The lowest BCUT2D eigenvalue weighted by Crippen LogP contribution is -2.13. The maximum atomic E-state index is 12.2. The minimum absolute atomic E-state index is 0.0841. The number of hydrogen-bond acceptors (Lipinski definition) is 5. The van der Waals surface area contributed by atoms with Crippen molar-refractivity contribution in [1.82, 2.24) is 0 Å². The number of phenolic OH excluding ortho intramolecular Hbond substituents is 2. The Kier molecular flexibility index (Phi) is 6.04. The van der Waals surface area contributed by atoms with Gasteiger partial charge in [-0.2, -0.15) is 0 Å². The summed E-state index contributed by atoms with van der Waals surface area (Å²) in [7, 11) is 0. The van der Waals surface area contributed by atoms with Crippen LogP contribution in [0, 0.1) is 0 Å². The van der Waals surface area contributed by atoms with Gasteiger partial charge in [0.15, 0.2) is 5.78 Å². The number of carbonyl (C=O) groups is 2. The van der Waals surface area contributed by atoms with Gasteiger partial charge in [-0.05, 0) is 25.3 Å². The molecule has 124 valence electrons. The number of allylic oxidation sites excluding steroid dienone is 2. The summed E-state index contributed by atoms with van der Waals surface area (Å²) < 4.78 is 5.16. The first-order valence-corrected chi connectivity index (χ1v) is 7.98. The number of rotatable bonds is 0. The molecule has 0 amide bonds. The zero-order chi connectivity index (χ0) is 16.8. The highest BCUT2D eigenvalue weighted by Gasteiger charge is 2.24. The molecule has 0 aromatic heterocycles. The summed E-state index contributed by atoms with van der Waals surface area (Å²) in [4.78, 5) is 24.3. The normalized spacial score (nSPS) is 18.7. The summed E-state index contributed by atoms with van der Waals surface area (Å²) >= 11 is 6.02. The quantitative estimate of drug-likeness (QED) is 0.707. The molecule has 0 fully saturated rings. The highest BCUT2D eigenvalue weighted by atomic mass is 35.5. The van der Waals surface area contributed by atoms with E-state index in [-0.39, 0.29) is 40.7 Å².